The first-order valence-corrected chi connectivity index (χ1v) is 7.53. The Morgan fingerprint density at radius 2 is 2.05 bits per heavy atom. The van der Waals surface area contributed by atoms with Gasteiger partial charge in [-0.15, -0.1) is 0 Å². The molecule has 1 N–H and O–H groups in total. The maximum atomic E-state index is 11.7. The van der Waals surface area contributed by atoms with Crippen LogP contribution in [0.4, 0.5) is 5.69 Å². The second kappa shape index (κ2) is 6.03. The predicted octanol–water partition coefficient (Wildman–Crippen LogP) is 3.98. The van der Waals surface area contributed by atoms with Gasteiger partial charge in [0.1, 0.15) is 0 Å². The zero-order valence-electron chi connectivity index (χ0n) is 12.5. The number of nitrogens with zero attached hydrogens (tertiary/aromatic N) is 1. The number of anilines is 1. The van der Waals surface area contributed by atoms with Crippen molar-refractivity contribution in [1.29, 1.82) is 5.26 Å². The molecule has 2 aromatic carbocycles. The van der Waals surface area contributed by atoms with Crippen molar-refractivity contribution in [2.24, 2.45) is 5.92 Å². The lowest BCUT2D eigenvalue weighted by Crippen LogP contribution is -2.09. The van der Waals surface area contributed by atoms with E-state index in [9.17, 15) is 4.79 Å². The lowest BCUT2D eigenvalue weighted by molar-refractivity contribution is 0.101. The second-order valence-electron chi connectivity index (χ2n) is 5.82. The number of nitriles is 1. The molecule has 3 rings (SSSR count). The molecular formula is C19H18N2O. The number of carbonyl (C=O) groups is 1. The van der Waals surface area contributed by atoms with E-state index in [1.54, 1.807) is 25.1 Å². The predicted molar refractivity (Wildman–Crippen MR) is 86.9 cm³/mol. The quantitative estimate of drug-likeness (QED) is 0.847. The smallest absolute Gasteiger partial charge is 0.161 e. The molecule has 110 valence electrons. The Hall–Kier alpha value is -2.60. The molecular weight excluding hydrogens is 272 g/mol. The van der Waals surface area contributed by atoms with Gasteiger partial charge in [0.05, 0.1) is 11.6 Å². The molecule has 2 unspecified atom stereocenters. The van der Waals surface area contributed by atoms with Crippen LogP contribution in [0.5, 0.6) is 0 Å². The van der Waals surface area contributed by atoms with Crippen LogP contribution in [0, 0.1) is 17.2 Å². The van der Waals surface area contributed by atoms with Crippen LogP contribution in [-0.4, -0.2) is 12.3 Å². The SMILES string of the molecule is CC(=O)c1ccc(C#N)cc1NCC1CC1c1ccccc1. The summed E-state index contributed by atoms with van der Waals surface area (Å²) in [4.78, 5) is 11.7. The molecule has 3 nitrogen and oxygen atoms in total. The summed E-state index contributed by atoms with van der Waals surface area (Å²) in [6.07, 6.45) is 1.17. The highest BCUT2D eigenvalue weighted by Gasteiger charge is 2.37. The average Bonchev–Trinajstić information content (AvgIpc) is 3.33. The van der Waals surface area contributed by atoms with Crippen molar-refractivity contribution < 1.29 is 4.79 Å². The number of nitrogens with one attached hydrogen (secondary N) is 1. The molecule has 0 saturated heterocycles. The topological polar surface area (TPSA) is 52.9 Å². The Balaban J connectivity index is 1.68. The molecule has 0 amide bonds. The molecule has 1 saturated carbocycles. The zero-order valence-corrected chi connectivity index (χ0v) is 12.5. The minimum atomic E-state index is 0.0161. The third kappa shape index (κ3) is 3.01. The minimum absolute atomic E-state index is 0.0161. The summed E-state index contributed by atoms with van der Waals surface area (Å²) in [7, 11) is 0. The number of hydrogen-bond acceptors (Lipinski definition) is 3. The number of ketones is 1. The lowest BCUT2D eigenvalue weighted by Gasteiger charge is -2.10. The van der Waals surface area contributed by atoms with Gasteiger partial charge in [0.25, 0.3) is 0 Å². The van der Waals surface area contributed by atoms with Crippen molar-refractivity contribution in [3.05, 3.63) is 65.2 Å². The minimum Gasteiger partial charge on any atom is -0.384 e. The van der Waals surface area contributed by atoms with Gasteiger partial charge in [-0.2, -0.15) is 5.26 Å². The highest BCUT2D eigenvalue weighted by Crippen LogP contribution is 2.47. The van der Waals surface area contributed by atoms with E-state index in [4.69, 9.17) is 5.26 Å². The van der Waals surface area contributed by atoms with Crippen molar-refractivity contribution in [3.63, 3.8) is 0 Å². The fraction of sp³-hybridized carbons (Fsp3) is 0.263. The van der Waals surface area contributed by atoms with E-state index in [2.05, 4.69) is 35.7 Å². The maximum Gasteiger partial charge on any atom is 0.161 e. The number of Topliss-reactive ketones (excluding diaryl/α,β-unsaturated/α-hetero) is 1. The van der Waals surface area contributed by atoms with Gasteiger partial charge in [-0.3, -0.25) is 4.79 Å². The summed E-state index contributed by atoms with van der Waals surface area (Å²) in [5.74, 6) is 1.21. The fourth-order valence-electron chi connectivity index (χ4n) is 2.89. The standard InChI is InChI=1S/C19H18N2O/c1-13(22)17-8-7-14(11-20)9-19(17)21-12-16-10-18(16)15-5-3-2-4-6-15/h2-9,16,18,21H,10,12H2,1H3. The normalized spacial score (nSPS) is 19.3. The molecule has 3 heteroatoms. The first kappa shape index (κ1) is 14.3. The van der Waals surface area contributed by atoms with E-state index in [1.165, 1.54) is 12.0 Å². The van der Waals surface area contributed by atoms with E-state index in [0.29, 0.717) is 23.0 Å². The van der Waals surface area contributed by atoms with E-state index in [1.807, 2.05) is 6.07 Å². The van der Waals surface area contributed by atoms with E-state index < -0.39 is 0 Å². The molecule has 2 atom stereocenters. The average molecular weight is 290 g/mol. The highest BCUT2D eigenvalue weighted by molar-refractivity contribution is 5.99. The van der Waals surface area contributed by atoms with Crippen molar-refractivity contribution >= 4 is 11.5 Å². The Bertz CT molecular complexity index is 731. The second-order valence-corrected chi connectivity index (χ2v) is 5.82. The lowest BCUT2D eigenvalue weighted by atomic mass is 10.1. The van der Waals surface area contributed by atoms with Crippen LogP contribution in [0.2, 0.25) is 0 Å². The van der Waals surface area contributed by atoms with Crippen LogP contribution < -0.4 is 5.32 Å². The van der Waals surface area contributed by atoms with Crippen LogP contribution in [-0.2, 0) is 0 Å². The maximum absolute atomic E-state index is 11.7. The molecule has 1 aliphatic rings. The molecule has 0 heterocycles. The van der Waals surface area contributed by atoms with Gasteiger partial charge in [-0.25, -0.2) is 0 Å². The third-order valence-electron chi connectivity index (χ3n) is 4.23. The fourth-order valence-corrected chi connectivity index (χ4v) is 2.89. The van der Waals surface area contributed by atoms with Gasteiger partial charge in [0.15, 0.2) is 5.78 Å². The van der Waals surface area contributed by atoms with Gasteiger partial charge in [-0.1, -0.05) is 30.3 Å². The van der Waals surface area contributed by atoms with Crippen LogP contribution >= 0.6 is 0 Å². The van der Waals surface area contributed by atoms with Crippen molar-refractivity contribution in [3.8, 4) is 6.07 Å². The molecule has 0 aliphatic heterocycles. The van der Waals surface area contributed by atoms with Gasteiger partial charge < -0.3 is 5.32 Å². The number of benzene rings is 2. The summed E-state index contributed by atoms with van der Waals surface area (Å²) >= 11 is 0. The van der Waals surface area contributed by atoms with Gasteiger partial charge in [-0.05, 0) is 48.9 Å². The number of rotatable bonds is 5. The van der Waals surface area contributed by atoms with Crippen LogP contribution in [0.25, 0.3) is 0 Å². The molecule has 2 aromatic rings. The number of carbonyl (C=O) groups excluding carboxylic acids is 1. The van der Waals surface area contributed by atoms with Gasteiger partial charge in [0.2, 0.25) is 0 Å². The van der Waals surface area contributed by atoms with E-state index >= 15 is 0 Å². The van der Waals surface area contributed by atoms with Crippen molar-refractivity contribution in [2.75, 3.05) is 11.9 Å². The molecule has 1 aliphatic carbocycles. The molecule has 22 heavy (non-hydrogen) atoms. The summed E-state index contributed by atoms with van der Waals surface area (Å²) < 4.78 is 0. The van der Waals surface area contributed by atoms with Crippen molar-refractivity contribution in [2.45, 2.75) is 19.3 Å². The Morgan fingerprint density at radius 1 is 1.27 bits per heavy atom. The van der Waals surface area contributed by atoms with Gasteiger partial charge in [0, 0.05) is 17.8 Å². The Kier molecular flexibility index (Phi) is 3.93. The van der Waals surface area contributed by atoms with Crippen LogP contribution in [0.1, 0.15) is 40.7 Å². The summed E-state index contributed by atoms with van der Waals surface area (Å²) in [5, 5.41) is 12.4. The van der Waals surface area contributed by atoms with Crippen molar-refractivity contribution in [1.82, 2.24) is 0 Å². The summed E-state index contributed by atoms with van der Waals surface area (Å²) in [6.45, 7) is 2.38. The van der Waals surface area contributed by atoms with E-state index in [-0.39, 0.29) is 5.78 Å². The summed E-state index contributed by atoms with van der Waals surface area (Å²) in [5.41, 5.74) is 3.37. The number of hydrogen-bond donors (Lipinski definition) is 1. The molecule has 1 fully saturated rings. The Labute approximate surface area is 130 Å². The molecule has 0 aromatic heterocycles. The first-order valence-electron chi connectivity index (χ1n) is 7.53. The molecule has 0 bridgehead atoms. The largest absolute Gasteiger partial charge is 0.384 e. The monoisotopic (exact) mass is 290 g/mol. The zero-order chi connectivity index (χ0) is 15.5. The molecule has 0 radical (unpaired) electrons. The van der Waals surface area contributed by atoms with Crippen LogP contribution in [0.3, 0.4) is 0 Å². The van der Waals surface area contributed by atoms with E-state index in [0.717, 1.165) is 12.2 Å². The summed E-state index contributed by atoms with van der Waals surface area (Å²) in [6, 6.07) is 17.8. The molecule has 0 spiro atoms. The third-order valence-corrected chi connectivity index (χ3v) is 4.23. The van der Waals surface area contributed by atoms with Gasteiger partial charge >= 0.3 is 0 Å². The first-order chi connectivity index (χ1) is 10.7. The van der Waals surface area contributed by atoms with Crippen LogP contribution in [0.15, 0.2) is 48.5 Å². The Morgan fingerprint density at radius 3 is 2.73 bits per heavy atom. The highest BCUT2D eigenvalue weighted by atomic mass is 16.1.